The van der Waals surface area contributed by atoms with Gasteiger partial charge in [0.05, 0.1) is 15.1 Å². The van der Waals surface area contributed by atoms with E-state index in [4.69, 9.17) is 4.98 Å². The van der Waals surface area contributed by atoms with Gasteiger partial charge in [0.25, 0.3) is 5.91 Å². The minimum Gasteiger partial charge on any atom is -0.309 e. The molecule has 7 nitrogen and oxygen atoms in total. The van der Waals surface area contributed by atoms with Crippen molar-refractivity contribution in [2.45, 2.75) is 20.3 Å². The number of thiazole rings is 1. The number of benzene rings is 1. The molecule has 0 N–H and O–H groups in total. The molecule has 0 fully saturated rings. The van der Waals surface area contributed by atoms with Gasteiger partial charge in [-0.15, -0.1) is 0 Å². The molecule has 0 aliphatic rings. The Kier molecular flexibility index (Phi) is 6.96. The summed E-state index contributed by atoms with van der Waals surface area (Å²) in [6.45, 7) is 5.48. The molecule has 0 bridgehead atoms. The van der Waals surface area contributed by atoms with Gasteiger partial charge >= 0.3 is 5.00 Å². The molecule has 1 aromatic carbocycles. The van der Waals surface area contributed by atoms with Gasteiger partial charge in [0, 0.05) is 23.6 Å². The quantitative estimate of drug-likeness (QED) is 0.281. The molecule has 30 heavy (non-hydrogen) atoms. The van der Waals surface area contributed by atoms with Crippen molar-refractivity contribution in [3.05, 3.63) is 56.5 Å². The number of thiophene rings is 1. The van der Waals surface area contributed by atoms with Crippen molar-refractivity contribution >= 4 is 55.0 Å². The second kappa shape index (κ2) is 9.46. The molecule has 0 aliphatic heterocycles. The van der Waals surface area contributed by atoms with E-state index < -0.39 is 4.92 Å². The van der Waals surface area contributed by atoms with E-state index in [1.807, 2.05) is 21.0 Å². The highest BCUT2D eigenvalue weighted by molar-refractivity contribution is 7.22. The Bertz CT molecular complexity index is 1100. The fourth-order valence-corrected chi connectivity index (χ4v) is 4.99. The second-order valence-corrected chi connectivity index (χ2v) is 9.44. The van der Waals surface area contributed by atoms with Crippen LogP contribution in [0, 0.1) is 24.0 Å². The molecule has 1 amide bonds. The average Bonchev–Trinajstić information content (AvgIpc) is 3.30. The summed E-state index contributed by atoms with van der Waals surface area (Å²) in [5.74, 6) is -0.182. The summed E-state index contributed by atoms with van der Waals surface area (Å²) < 4.78 is 1.06. The van der Waals surface area contributed by atoms with Crippen molar-refractivity contribution in [2.75, 3.05) is 32.1 Å². The first-order chi connectivity index (χ1) is 14.2. The molecule has 2 aromatic heterocycles. The van der Waals surface area contributed by atoms with Crippen molar-refractivity contribution in [3.8, 4) is 0 Å². The summed E-state index contributed by atoms with van der Waals surface area (Å²) in [6, 6.07) is 7.27. The highest BCUT2D eigenvalue weighted by Gasteiger charge is 2.19. The van der Waals surface area contributed by atoms with Crippen LogP contribution in [0.3, 0.4) is 0 Å². The minimum absolute atomic E-state index is 0.0574. The highest BCUT2D eigenvalue weighted by atomic mass is 32.1. The fourth-order valence-electron chi connectivity index (χ4n) is 3.09. The average molecular weight is 445 g/mol. The van der Waals surface area contributed by atoms with Crippen LogP contribution in [0.4, 0.5) is 10.1 Å². The van der Waals surface area contributed by atoms with Crippen molar-refractivity contribution in [3.63, 3.8) is 0 Å². The lowest BCUT2D eigenvalue weighted by Crippen LogP contribution is -2.32. The van der Waals surface area contributed by atoms with Gasteiger partial charge in [-0.2, -0.15) is 0 Å². The van der Waals surface area contributed by atoms with Crippen LogP contribution in [0.15, 0.2) is 30.3 Å². The van der Waals surface area contributed by atoms with E-state index in [1.165, 1.54) is 29.0 Å². The minimum atomic E-state index is -0.428. The standard InChI is InChI=1S/C21H24N4O3S2/c1-14-12-15(2)20-17(13-14)30-21(22-20)24(11-5-10-23(3)4)18(26)8-6-16-7-9-19(29-16)25(27)28/h6-9,12-13H,5,10-11H2,1-4H3/b8-6+. The number of amides is 1. The number of fused-ring (bicyclic) bond motifs is 1. The number of nitrogens with zero attached hydrogens (tertiary/aromatic N) is 4. The Balaban J connectivity index is 1.87. The van der Waals surface area contributed by atoms with Gasteiger partial charge in [0.2, 0.25) is 0 Å². The third kappa shape index (κ3) is 5.29. The Hall–Kier alpha value is -2.62. The van der Waals surface area contributed by atoms with E-state index in [2.05, 4.69) is 24.0 Å². The number of hydrogen-bond acceptors (Lipinski definition) is 7. The van der Waals surface area contributed by atoms with Crippen LogP contribution in [0.5, 0.6) is 0 Å². The van der Waals surface area contributed by atoms with E-state index in [-0.39, 0.29) is 10.9 Å². The van der Waals surface area contributed by atoms with Crippen molar-refractivity contribution in [1.29, 1.82) is 0 Å². The molecule has 0 aliphatic carbocycles. The largest absolute Gasteiger partial charge is 0.324 e. The maximum atomic E-state index is 13.0. The number of carbonyl (C=O) groups excluding carboxylic acids is 1. The van der Waals surface area contributed by atoms with Crippen molar-refractivity contribution in [1.82, 2.24) is 9.88 Å². The molecule has 0 saturated heterocycles. The van der Waals surface area contributed by atoms with Gasteiger partial charge in [-0.05, 0) is 70.2 Å². The number of aryl methyl sites for hydroxylation is 2. The van der Waals surface area contributed by atoms with E-state index in [0.717, 1.165) is 40.1 Å². The molecule has 0 radical (unpaired) electrons. The lowest BCUT2D eigenvalue weighted by molar-refractivity contribution is -0.380. The first-order valence-electron chi connectivity index (χ1n) is 9.51. The third-order valence-electron chi connectivity index (χ3n) is 4.49. The SMILES string of the molecule is Cc1cc(C)c2nc(N(CCCN(C)C)C(=O)/C=C/c3ccc([N+](=O)[O-])s3)sc2c1. The monoisotopic (exact) mass is 444 g/mol. The molecule has 0 unspecified atom stereocenters. The number of carbonyl (C=O) groups is 1. The third-order valence-corrected chi connectivity index (χ3v) is 6.51. The van der Waals surface area contributed by atoms with Crippen molar-refractivity contribution < 1.29 is 9.72 Å². The van der Waals surface area contributed by atoms with Gasteiger partial charge < -0.3 is 4.90 Å². The Morgan fingerprint density at radius 1 is 1.20 bits per heavy atom. The molecule has 158 valence electrons. The van der Waals surface area contributed by atoms with Gasteiger partial charge in [0.15, 0.2) is 5.13 Å². The lowest BCUT2D eigenvalue weighted by Gasteiger charge is -2.19. The Labute approximate surface area is 183 Å². The molecular weight excluding hydrogens is 420 g/mol. The normalized spacial score (nSPS) is 11.6. The Morgan fingerprint density at radius 2 is 1.97 bits per heavy atom. The Morgan fingerprint density at radius 3 is 2.63 bits per heavy atom. The van der Waals surface area contributed by atoms with Gasteiger partial charge in [-0.25, -0.2) is 4.98 Å². The van der Waals surface area contributed by atoms with E-state index in [9.17, 15) is 14.9 Å². The van der Waals surface area contributed by atoms with E-state index >= 15 is 0 Å². The molecule has 9 heteroatoms. The molecule has 0 saturated carbocycles. The van der Waals surface area contributed by atoms with Gasteiger partial charge in [-0.3, -0.25) is 19.8 Å². The number of aromatic nitrogens is 1. The molecule has 3 aromatic rings. The van der Waals surface area contributed by atoms with Crippen LogP contribution in [0.25, 0.3) is 16.3 Å². The summed E-state index contributed by atoms with van der Waals surface area (Å²) in [5, 5.41) is 11.6. The molecule has 2 heterocycles. The summed E-state index contributed by atoms with van der Waals surface area (Å²) in [6.07, 6.45) is 3.90. The summed E-state index contributed by atoms with van der Waals surface area (Å²) in [4.78, 5) is 32.6. The fraction of sp³-hybridized carbons (Fsp3) is 0.333. The van der Waals surface area contributed by atoms with Crippen LogP contribution in [-0.2, 0) is 4.79 Å². The van der Waals surface area contributed by atoms with Crippen LogP contribution in [0.1, 0.15) is 22.4 Å². The number of hydrogen-bond donors (Lipinski definition) is 0. The predicted molar refractivity (Wildman–Crippen MR) is 125 cm³/mol. The highest BCUT2D eigenvalue weighted by Crippen LogP contribution is 2.32. The van der Waals surface area contributed by atoms with Crippen LogP contribution >= 0.6 is 22.7 Å². The zero-order chi connectivity index (χ0) is 21.8. The number of anilines is 1. The summed E-state index contributed by atoms with van der Waals surface area (Å²) in [5.41, 5.74) is 3.18. The first kappa shape index (κ1) is 22.1. The maximum Gasteiger partial charge on any atom is 0.324 e. The summed E-state index contributed by atoms with van der Waals surface area (Å²) in [7, 11) is 4.00. The van der Waals surface area contributed by atoms with Gasteiger partial charge in [0.1, 0.15) is 0 Å². The van der Waals surface area contributed by atoms with Crippen LogP contribution in [-0.4, -0.2) is 47.9 Å². The van der Waals surface area contributed by atoms with E-state index in [0.29, 0.717) is 16.6 Å². The molecule has 3 rings (SSSR count). The number of rotatable bonds is 8. The first-order valence-corrected chi connectivity index (χ1v) is 11.1. The lowest BCUT2D eigenvalue weighted by atomic mass is 10.1. The van der Waals surface area contributed by atoms with Crippen LogP contribution < -0.4 is 4.90 Å². The van der Waals surface area contributed by atoms with E-state index in [1.54, 1.807) is 17.0 Å². The zero-order valence-electron chi connectivity index (χ0n) is 17.4. The topological polar surface area (TPSA) is 79.6 Å². The van der Waals surface area contributed by atoms with Crippen LogP contribution in [0.2, 0.25) is 0 Å². The summed E-state index contributed by atoms with van der Waals surface area (Å²) >= 11 is 2.55. The molecule has 0 atom stereocenters. The second-order valence-electron chi connectivity index (χ2n) is 7.34. The molecular formula is C21H24N4O3S2. The smallest absolute Gasteiger partial charge is 0.309 e. The maximum absolute atomic E-state index is 13.0. The van der Waals surface area contributed by atoms with Crippen molar-refractivity contribution in [2.24, 2.45) is 0 Å². The predicted octanol–water partition coefficient (Wildman–Crippen LogP) is 4.88. The zero-order valence-corrected chi connectivity index (χ0v) is 19.0. The number of nitro groups is 1. The molecule has 0 spiro atoms. The van der Waals surface area contributed by atoms with Gasteiger partial charge in [-0.1, -0.05) is 28.7 Å².